The highest BCUT2D eigenvalue weighted by Gasteiger charge is 2.37. The van der Waals surface area contributed by atoms with E-state index in [4.69, 9.17) is 0 Å². The van der Waals surface area contributed by atoms with E-state index in [1.54, 1.807) is 17.0 Å². The van der Waals surface area contributed by atoms with Crippen molar-refractivity contribution < 1.29 is 14.4 Å². The third kappa shape index (κ3) is 4.96. The monoisotopic (exact) mass is 400 g/mol. The summed E-state index contributed by atoms with van der Waals surface area (Å²) < 4.78 is 0. The largest absolute Gasteiger partial charge is 0.342 e. The first-order valence-electron chi connectivity index (χ1n) is 10.7. The second kappa shape index (κ2) is 9.87. The molecule has 1 aromatic rings. The summed E-state index contributed by atoms with van der Waals surface area (Å²) in [6, 6.07) is 8.80. The summed E-state index contributed by atoms with van der Waals surface area (Å²) in [5, 5.41) is 0. The van der Waals surface area contributed by atoms with Crippen LogP contribution in [-0.2, 0) is 9.59 Å². The second-order valence-corrected chi connectivity index (χ2v) is 7.69. The number of rotatable bonds is 6. The number of hydrogen-bond acceptors (Lipinski definition) is 4. The SMILES string of the molecule is CCN(CC)C(=O)CN1CCN(C(=O)C2CCCN2C(=O)c2ccccc2)CC1. The van der Waals surface area contributed by atoms with E-state index < -0.39 is 0 Å². The van der Waals surface area contributed by atoms with Crippen LogP contribution in [0.4, 0.5) is 0 Å². The van der Waals surface area contributed by atoms with E-state index in [0.717, 1.165) is 25.9 Å². The zero-order chi connectivity index (χ0) is 20.8. The number of piperazine rings is 1. The zero-order valence-electron chi connectivity index (χ0n) is 17.5. The molecule has 2 aliphatic rings. The molecule has 0 radical (unpaired) electrons. The molecule has 0 N–H and O–H groups in total. The van der Waals surface area contributed by atoms with Crippen LogP contribution >= 0.6 is 0 Å². The Labute approximate surface area is 173 Å². The van der Waals surface area contributed by atoms with Gasteiger partial charge < -0.3 is 14.7 Å². The molecule has 7 nitrogen and oxygen atoms in total. The number of hydrogen-bond donors (Lipinski definition) is 0. The third-order valence-corrected chi connectivity index (χ3v) is 5.98. The van der Waals surface area contributed by atoms with Crippen molar-refractivity contribution >= 4 is 17.7 Å². The quantitative estimate of drug-likeness (QED) is 0.722. The lowest BCUT2D eigenvalue weighted by molar-refractivity contribution is -0.138. The molecule has 7 heteroatoms. The molecule has 3 rings (SSSR count). The van der Waals surface area contributed by atoms with Crippen molar-refractivity contribution in [2.24, 2.45) is 0 Å². The number of nitrogens with zero attached hydrogens (tertiary/aromatic N) is 4. The minimum absolute atomic E-state index is 0.0431. The van der Waals surface area contributed by atoms with Crippen molar-refractivity contribution in [3.05, 3.63) is 35.9 Å². The highest BCUT2D eigenvalue weighted by molar-refractivity contribution is 5.98. The molecule has 158 valence electrons. The van der Waals surface area contributed by atoms with Crippen LogP contribution in [0.2, 0.25) is 0 Å². The van der Waals surface area contributed by atoms with Crippen molar-refractivity contribution in [1.29, 1.82) is 0 Å². The summed E-state index contributed by atoms with van der Waals surface area (Å²) in [5.74, 6) is 0.122. The molecular weight excluding hydrogens is 368 g/mol. The van der Waals surface area contributed by atoms with Crippen LogP contribution < -0.4 is 0 Å². The molecule has 29 heavy (non-hydrogen) atoms. The van der Waals surface area contributed by atoms with Crippen LogP contribution in [-0.4, -0.2) is 95.7 Å². The maximum atomic E-state index is 13.1. The maximum absolute atomic E-state index is 13.1. The molecular formula is C22H32N4O3. The van der Waals surface area contributed by atoms with E-state index in [9.17, 15) is 14.4 Å². The van der Waals surface area contributed by atoms with Gasteiger partial charge in [0.25, 0.3) is 5.91 Å². The van der Waals surface area contributed by atoms with Crippen LogP contribution in [0.25, 0.3) is 0 Å². The van der Waals surface area contributed by atoms with Gasteiger partial charge in [0, 0.05) is 51.4 Å². The van der Waals surface area contributed by atoms with Gasteiger partial charge >= 0.3 is 0 Å². The summed E-state index contributed by atoms with van der Waals surface area (Å²) in [5.41, 5.74) is 0.631. The van der Waals surface area contributed by atoms with Crippen LogP contribution in [0, 0.1) is 0 Å². The van der Waals surface area contributed by atoms with E-state index in [2.05, 4.69) is 4.90 Å². The lowest BCUT2D eigenvalue weighted by Crippen LogP contribution is -2.55. The summed E-state index contributed by atoms with van der Waals surface area (Å²) in [6.07, 6.45) is 1.57. The molecule has 3 amide bonds. The van der Waals surface area contributed by atoms with E-state index in [1.165, 1.54) is 0 Å². The van der Waals surface area contributed by atoms with Crippen LogP contribution in [0.5, 0.6) is 0 Å². The third-order valence-electron chi connectivity index (χ3n) is 5.98. The van der Waals surface area contributed by atoms with Gasteiger partial charge in [0.2, 0.25) is 11.8 Å². The average molecular weight is 401 g/mol. The molecule has 2 saturated heterocycles. The van der Waals surface area contributed by atoms with Crippen molar-refractivity contribution in [2.45, 2.75) is 32.7 Å². The first kappa shape index (κ1) is 21.3. The Morgan fingerprint density at radius 1 is 0.966 bits per heavy atom. The minimum atomic E-state index is -0.369. The van der Waals surface area contributed by atoms with Crippen LogP contribution in [0.15, 0.2) is 30.3 Å². The summed E-state index contributed by atoms with van der Waals surface area (Å²) in [4.78, 5) is 45.8. The van der Waals surface area contributed by atoms with Crippen molar-refractivity contribution in [2.75, 3.05) is 52.4 Å². The normalized spacial score (nSPS) is 20.0. The van der Waals surface area contributed by atoms with E-state index in [0.29, 0.717) is 44.8 Å². The van der Waals surface area contributed by atoms with E-state index in [-0.39, 0.29) is 23.8 Å². The van der Waals surface area contributed by atoms with Gasteiger partial charge in [-0.2, -0.15) is 0 Å². The molecule has 0 aromatic heterocycles. The predicted molar refractivity (Wildman–Crippen MR) is 111 cm³/mol. The van der Waals surface area contributed by atoms with Gasteiger partial charge in [-0.25, -0.2) is 0 Å². The fraction of sp³-hybridized carbons (Fsp3) is 0.591. The minimum Gasteiger partial charge on any atom is -0.342 e. The highest BCUT2D eigenvalue weighted by Crippen LogP contribution is 2.22. The Morgan fingerprint density at radius 2 is 1.62 bits per heavy atom. The summed E-state index contributed by atoms with van der Waals surface area (Å²) in [7, 11) is 0. The van der Waals surface area contributed by atoms with E-state index >= 15 is 0 Å². The number of likely N-dealkylation sites (tertiary alicyclic amines) is 1. The Hall–Kier alpha value is -2.41. The average Bonchev–Trinajstić information content (AvgIpc) is 3.24. The van der Waals surface area contributed by atoms with Crippen LogP contribution in [0.3, 0.4) is 0 Å². The van der Waals surface area contributed by atoms with Crippen molar-refractivity contribution in [1.82, 2.24) is 19.6 Å². The Bertz CT molecular complexity index is 712. The second-order valence-electron chi connectivity index (χ2n) is 7.69. The molecule has 0 bridgehead atoms. The fourth-order valence-electron chi connectivity index (χ4n) is 4.22. The fourth-order valence-corrected chi connectivity index (χ4v) is 4.22. The first-order valence-corrected chi connectivity index (χ1v) is 10.7. The number of likely N-dealkylation sites (N-methyl/N-ethyl adjacent to an activating group) is 1. The van der Waals surface area contributed by atoms with Gasteiger partial charge in [-0.15, -0.1) is 0 Å². The lowest BCUT2D eigenvalue weighted by Gasteiger charge is -2.37. The van der Waals surface area contributed by atoms with Gasteiger partial charge in [0.15, 0.2) is 0 Å². The number of carbonyl (C=O) groups is 3. The topological polar surface area (TPSA) is 64.2 Å². The molecule has 2 aliphatic heterocycles. The van der Waals surface area contributed by atoms with Gasteiger partial charge in [0.05, 0.1) is 6.54 Å². The Morgan fingerprint density at radius 3 is 2.24 bits per heavy atom. The molecule has 0 saturated carbocycles. The lowest BCUT2D eigenvalue weighted by atomic mass is 10.1. The molecule has 1 aromatic carbocycles. The Kier molecular flexibility index (Phi) is 7.25. The molecule has 2 fully saturated rings. The number of carbonyl (C=O) groups excluding carboxylic acids is 3. The molecule has 1 unspecified atom stereocenters. The summed E-state index contributed by atoms with van der Waals surface area (Å²) >= 11 is 0. The van der Waals surface area contributed by atoms with Crippen molar-refractivity contribution in [3.8, 4) is 0 Å². The van der Waals surface area contributed by atoms with Crippen molar-refractivity contribution in [3.63, 3.8) is 0 Å². The molecule has 1 atom stereocenters. The number of benzene rings is 1. The van der Waals surface area contributed by atoms with Gasteiger partial charge in [-0.3, -0.25) is 19.3 Å². The van der Waals surface area contributed by atoms with Crippen LogP contribution in [0.1, 0.15) is 37.0 Å². The Balaban J connectivity index is 1.55. The smallest absolute Gasteiger partial charge is 0.254 e. The van der Waals surface area contributed by atoms with Gasteiger partial charge in [-0.05, 0) is 38.8 Å². The molecule has 0 aliphatic carbocycles. The van der Waals surface area contributed by atoms with E-state index in [1.807, 2.05) is 41.8 Å². The summed E-state index contributed by atoms with van der Waals surface area (Å²) in [6.45, 7) is 9.05. The first-order chi connectivity index (χ1) is 14.0. The maximum Gasteiger partial charge on any atom is 0.254 e. The zero-order valence-corrected chi connectivity index (χ0v) is 17.5. The molecule has 2 heterocycles. The van der Waals surface area contributed by atoms with Gasteiger partial charge in [0.1, 0.15) is 6.04 Å². The highest BCUT2D eigenvalue weighted by atomic mass is 16.2. The molecule has 0 spiro atoms. The number of amides is 3. The predicted octanol–water partition coefficient (Wildman–Crippen LogP) is 1.30. The standard InChI is InChI=1S/C22H32N4O3/c1-3-24(4-2)20(27)17-23-13-15-25(16-14-23)22(29)19-11-8-12-26(19)21(28)18-9-6-5-7-10-18/h5-7,9-10,19H,3-4,8,11-17H2,1-2H3. The van der Waals surface area contributed by atoms with Gasteiger partial charge in [-0.1, -0.05) is 18.2 Å².